The zero-order chi connectivity index (χ0) is 73.2. The maximum Gasteiger partial charge on any atom is 0.414 e. The predicted molar refractivity (Wildman–Crippen MR) is 396 cm³/mol. The number of ether oxygens (including phenoxy) is 6. The molecule has 0 N–H and O–H groups in total. The van der Waals surface area contributed by atoms with Crippen molar-refractivity contribution in [3.63, 3.8) is 0 Å². The number of methoxy groups -OCH3 is 2. The quantitative estimate of drug-likeness (QED) is 0.144. The molecule has 21 nitrogen and oxygen atoms in total. The molecule has 11 heterocycles. The van der Waals surface area contributed by atoms with E-state index in [0.717, 1.165) is 208 Å². The number of carbonyl (C=O) groups is 6. The second kappa shape index (κ2) is 31.5. The number of likely N-dealkylation sites (tertiary alicyclic amines) is 5. The summed E-state index contributed by atoms with van der Waals surface area (Å²) in [6.45, 7) is 24.2. The van der Waals surface area contributed by atoms with E-state index in [1.807, 2.05) is 45.6 Å². The van der Waals surface area contributed by atoms with Gasteiger partial charge in [0.25, 0.3) is 0 Å². The van der Waals surface area contributed by atoms with Crippen LogP contribution < -0.4 is 19.4 Å². The topological polar surface area (TPSA) is 187 Å². The standard InChI is InChI=1S/C29H37N3O4.C26H34FN3O5.C26H38FN3O3.H2/c1-4-36-28(34)31-15-11-24(12-16-31)30-17-13-29(14-18-30)20-32(21(2)33)27-10-7-23(19-26(27)29)22-5-8-25(35-3)9-6-22;1-33-24(31)29-16-26(22-12-17(27)2-5-23(22)29)7-9-28(10-8-26)20-13-18-3-4-19(14-20)30(18)25(32)35-21-6-11-34-15-21;1-5-33-24(32)29-12-8-20(9-13-29)28-14-10-26(11-15-28)18-30(23(31)17-25(2,3)4)22-7-6-19(27)16-21(22)26;/h5-10,19,24H,4,11-18,20H2,1-3H3;2,5,12,18-21H,3-4,6-11,13-16H2,1H3;6-7,16,20H,5,8-15,17-18H2,1-4H3;1H/t;18?,19?,20?,21-;;/m.1../s1. The van der Waals surface area contributed by atoms with Crippen molar-refractivity contribution in [3.05, 3.63) is 107 Å². The van der Waals surface area contributed by atoms with E-state index in [2.05, 4.69) is 65.8 Å². The van der Waals surface area contributed by atoms with Gasteiger partial charge in [-0.15, -0.1) is 0 Å². The second-order valence-corrected chi connectivity index (χ2v) is 32.2. The van der Waals surface area contributed by atoms with Crippen LogP contribution in [-0.2, 0) is 49.5 Å². The first-order chi connectivity index (χ1) is 50.0. The Labute approximate surface area is 614 Å². The van der Waals surface area contributed by atoms with Crippen LogP contribution in [0, 0.1) is 17.0 Å². The number of hydrogen-bond acceptors (Lipinski definition) is 15. The van der Waals surface area contributed by atoms with Gasteiger partial charge in [-0.25, -0.2) is 28.0 Å². The van der Waals surface area contributed by atoms with Gasteiger partial charge in [-0.05, 0) is 237 Å². The first-order valence-electron chi connectivity index (χ1n) is 38.5. The van der Waals surface area contributed by atoms with Gasteiger partial charge in [0.05, 0.1) is 46.3 Å². The third-order valence-electron chi connectivity index (χ3n) is 24.9. The number of halogens is 2. The molecule has 2 unspecified atom stereocenters. The van der Waals surface area contributed by atoms with Crippen molar-refractivity contribution in [2.45, 2.75) is 197 Å². The molecule has 0 saturated carbocycles. The number of piperidine rings is 6. The zero-order valence-corrected chi connectivity index (χ0v) is 62.5. The lowest BCUT2D eigenvalue weighted by Crippen LogP contribution is -2.56. The van der Waals surface area contributed by atoms with Gasteiger partial charge in [0, 0.05) is 125 Å². The average molecular weight is 1440 g/mol. The highest BCUT2D eigenvalue weighted by Crippen LogP contribution is 2.52. The number of nitrogens with zero attached hydrogens (tertiary/aromatic N) is 9. The summed E-state index contributed by atoms with van der Waals surface area (Å²) in [6.07, 6.45) is 13.7. The van der Waals surface area contributed by atoms with E-state index >= 15 is 0 Å². The third kappa shape index (κ3) is 15.6. The summed E-state index contributed by atoms with van der Waals surface area (Å²) < 4.78 is 60.2. The van der Waals surface area contributed by atoms with Gasteiger partial charge in [0.2, 0.25) is 11.8 Å². The summed E-state index contributed by atoms with van der Waals surface area (Å²) in [5.74, 6) is 0.587. The van der Waals surface area contributed by atoms with Gasteiger partial charge in [-0.1, -0.05) is 39.0 Å². The molecule has 15 rings (SSSR count). The Morgan fingerprint density at radius 1 is 0.510 bits per heavy atom. The normalized spacial score (nSPS) is 24.3. The summed E-state index contributed by atoms with van der Waals surface area (Å²) in [4.78, 5) is 94.0. The highest BCUT2D eigenvalue weighted by Gasteiger charge is 2.53. The van der Waals surface area contributed by atoms with Crippen LogP contribution in [0.3, 0.4) is 0 Å². The fraction of sp³-hybridized carbons (Fsp3) is 0.630. The Bertz CT molecular complexity index is 3730. The SMILES string of the molecule is CCOC(=O)N1CCC(N2CCC3(CC2)CN(C(=O)CC(C)(C)C)c2ccc(F)cc23)CC1.CCOC(=O)N1CCC(N2CCC3(CC2)CN(C(C)=O)c2ccc(-c4ccc(OC)cc4)cc23)CC1.COC(=O)N1CC2(CCN(C3CC4CCC(C3)N4C(=O)O[C@@H]3CCOC3)CC2)c2cc(F)ccc21.[HH]. The predicted octanol–water partition coefficient (Wildman–Crippen LogP) is 13.2. The van der Waals surface area contributed by atoms with Crippen LogP contribution in [0.15, 0.2) is 78.9 Å². The largest absolute Gasteiger partial charge is 0.497 e. The Morgan fingerprint density at radius 2 is 0.952 bits per heavy atom. The van der Waals surface area contributed by atoms with Crippen molar-refractivity contribution in [2.75, 3.05) is 140 Å². The van der Waals surface area contributed by atoms with E-state index in [9.17, 15) is 37.5 Å². The van der Waals surface area contributed by atoms with E-state index in [-0.39, 0.29) is 83.0 Å². The summed E-state index contributed by atoms with van der Waals surface area (Å²) in [7, 11) is 3.07. The van der Waals surface area contributed by atoms with Crippen molar-refractivity contribution < 1.29 is 67.4 Å². The van der Waals surface area contributed by atoms with E-state index in [1.165, 1.54) is 30.4 Å². The van der Waals surface area contributed by atoms with Crippen molar-refractivity contribution in [2.24, 2.45) is 5.41 Å². The van der Waals surface area contributed by atoms with Crippen molar-refractivity contribution in [1.29, 1.82) is 0 Å². The Morgan fingerprint density at radius 3 is 1.40 bits per heavy atom. The Balaban J connectivity index is 0.000000147. The molecule has 4 aromatic carbocycles. The molecule has 11 aliphatic rings. The molecular weight excluding hydrogens is 1330 g/mol. The average Bonchev–Trinajstić information content (AvgIpc) is 1.60. The van der Waals surface area contributed by atoms with E-state index in [0.29, 0.717) is 64.1 Å². The monoisotopic (exact) mass is 1440 g/mol. The van der Waals surface area contributed by atoms with E-state index < -0.39 is 6.09 Å². The molecular formula is C81H111F2N9O12. The maximum atomic E-state index is 14.3. The minimum Gasteiger partial charge on any atom is -0.497 e. The molecule has 0 radical (unpaired) electrons. The molecule has 0 aromatic heterocycles. The first-order valence-corrected chi connectivity index (χ1v) is 38.5. The molecule has 3 spiro atoms. The number of carbonyl (C=O) groups excluding carboxylic acids is 6. The summed E-state index contributed by atoms with van der Waals surface area (Å²) in [6, 6.07) is 26.3. The van der Waals surface area contributed by atoms with Crippen molar-refractivity contribution in [3.8, 4) is 16.9 Å². The van der Waals surface area contributed by atoms with E-state index in [1.54, 1.807) is 48.1 Å². The Kier molecular flexibility index (Phi) is 22.6. The number of benzene rings is 4. The Hall–Kier alpha value is -7.60. The second-order valence-electron chi connectivity index (χ2n) is 32.2. The fourth-order valence-electron chi connectivity index (χ4n) is 19.3. The zero-order valence-electron chi connectivity index (χ0n) is 62.5. The van der Waals surface area contributed by atoms with Crippen LogP contribution in [0.4, 0.5) is 45.0 Å². The van der Waals surface area contributed by atoms with E-state index in [4.69, 9.17) is 28.4 Å². The molecule has 11 aliphatic heterocycles. The van der Waals surface area contributed by atoms with Crippen molar-refractivity contribution >= 4 is 53.2 Å². The molecule has 23 heteroatoms. The minimum absolute atomic E-state index is 0. The summed E-state index contributed by atoms with van der Waals surface area (Å²) in [5.41, 5.74) is 7.78. The number of hydrogen-bond donors (Lipinski definition) is 0. The lowest BCUT2D eigenvalue weighted by molar-refractivity contribution is -0.120. The molecule has 8 saturated heterocycles. The molecule has 0 aliphatic carbocycles. The highest BCUT2D eigenvalue weighted by molar-refractivity contribution is 5.97. The van der Waals surface area contributed by atoms with Crippen LogP contribution >= 0.6 is 0 Å². The minimum atomic E-state index is -0.392. The number of anilines is 3. The van der Waals surface area contributed by atoms with Gasteiger partial charge in [0.1, 0.15) is 23.5 Å². The summed E-state index contributed by atoms with van der Waals surface area (Å²) in [5, 5.41) is 0. The molecule has 3 atom stereocenters. The van der Waals surface area contributed by atoms with Gasteiger partial charge in [0.15, 0.2) is 0 Å². The first kappa shape index (κ1) is 74.7. The van der Waals surface area contributed by atoms with Crippen LogP contribution in [0.1, 0.15) is 162 Å². The number of fused-ring (bicyclic) bond motifs is 8. The molecule has 4 aromatic rings. The van der Waals surface area contributed by atoms with Gasteiger partial charge in [-0.3, -0.25) is 14.5 Å². The summed E-state index contributed by atoms with van der Waals surface area (Å²) >= 11 is 0. The maximum absolute atomic E-state index is 14.3. The van der Waals surface area contributed by atoms with Crippen LogP contribution in [0.5, 0.6) is 5.75 Å². The number of amides is 6. The molecule has 8 fully saturated rings. The fourth-order valence-corrected chi connectivity index (χ4v) is 19.3. The molecule has 104 heavy (non-hydrogen) atoms. The lowest BCUT2D eigenvalue weighted by Gasteiger charge is -2.47. The lowest BCUT2D eigenvalue weighted by atomic mass is 9.73. The third-order valence-corrected chi connectivity index (χ3v) is 24.9. The smallest absolute Gasteiger partial charge is 0.414 e. The van der Waals surface area contributed by atoms with Crippen molar-refractivity contribution in [1.82, 2.24) is 29.4 Å². The highest BCUT2D eigenvalue weighted by atomic mass is 19.1. The van der Waals surface area contributed by atoms with Gasteiger partial charge in [-0.2, -0.15) is 0 Å². The van der Waals surface area contributed by atoms with Crippen LogP contribution in [-0.4, -0.2) is 228 Å². The molecule has 6 amide bonds. The van der Waals surface area contributed by atoms with Gasteiger partial charge < -0.3 is 67.6 Å². The van der Waals surface area contributed by atoms with Gasteiger partial charge >= 0.3 is 24.4 Å². The van der Waals surface area contributed by atoms with Crippen LogP contribution in [0.2, 0.25) is 0 Å². The number of rotatable bonds is 9. The molecule has 566 valence electrons. The molecule has 2 bridgehead atoms. The van der Waals surface area contributed by atoms with Crippen LogP contribution in [0.25, 0.3) is 11.1 Å².